The van der Waals surface area contributed by atoms with E-state index >= 15 is 0 Å². The molecule has 2 aliphatic rings. The maximum Gasteiger partial charge on any atom is 0.246 e. The topological polar surface area (TPSA) is 108 Å². The molecule has 0 aliphatic carbocycles. The molecule has 0 saturated carbocycles. The molecule has 4 rings (SSSR count). The first-order valence-electron chi connectivity index (χ1n) is 9.40. The molecule has 1 N–H and O–H groups in total. The molecular weight excluding hydrogens is 382 g/mol. The molecule has 28 heavy (non-hydrogen) atoms. The Kier molecular flexibility index (Phi) is 5.21. The quantitative estimate of drug-likeness (QED) is 0.764. The number of nitrogens with one attached hydrogen (secondary N) is 1. The van der Waals surface area contributed by atoms with E-state index in [1.54, 1.807) is 13.8 Å². The smallest absolute Gasteiger partial charge is 0.246 e. The van der Waals surface area contributed by atoms with Gasteiger partial charge in [0, 0.05) is 39.3 Å². The number of aromatic nitrogens is 4. The van der Waals surface area contributed by atoms with Crippen molar-refractivity contribution in [3.8, 4) is 0 Å². The number of H-pyrrole nitrogens is 1. The summed E-state index contributed by atoms with van der Waals surface area (Å²) in [6.07, 6.45) is 0. The lowest BCUT2D eigenvalue weighted by Gasteiger charge is -2.34. The van der Waals surface area contributed by atoms with Crippen LogP contribution >= 0.6 is 0 Å². The second-order valence-electron chi connectivity index (χ2n) is 7.00. The van der Waals surface area contributed by atoms with E-state index in [9.17, 15) is 8.42 Å². The number of nitrogens with zero attached hydrogens (tertiary/aromatic N) is 6. The van der Waals surface area contributed by atoms with Gasteiger partial charge in [0.25, 0.3) is 0 Å². The predicted octanol–water partition coefficient (Wildman–Crippen LogP) is 0.164. The Hall–Kier alpha value is -2.24. The van der Waals surface area contributed by atoms with Crippen LogP contribution in [0.25, 0.3) is 0 Å². The van der Waals surface area contributed by atoms with E-state index in [-0.39, 0.29) is 4.90 Å². The molecule has 2 aliphatic heterocycles. The number of ether oxygens (including phenoxy) is 1. The van der Waals surface area contributed by atoms with Crippen LogP contribution < -0.4 is 9.80 Å². The van der Waals surface area contributed by atoms with Crippen LogP contribution in [0.3, 0.4) is 0 Å². The van der Waals surface area contributed by atoms with Crippen LogP contribution in [-0.2, 0) is 14.8 Å². The van der Waals surface area contributed by atoms with Crippen molar-refractivity contribution < 1.29 is 13.2 Å². The maximum atomic E-state index is 13.0. The largest absolute Gasteiger partial charge is 0.378 e. The number of morpholine rings is 1. The summed E-state index contributed by atoms with van der Waals surface area (Å²) in [4.78, 5) is 4.51. The molecule has 10 nitrogen and oxygen atoms in total. The van der Waals surface area contributed by atoms with Crippen molar-refractivity contribution in [1.82, 2.24) is 24.7 Å². The molecule has 2 aromatic rings. The highest BCUT2D eigenvalue weighted by Crippen LogP contribution is 2.24. The third kappa shape index (κ3) is 3.56. The van der Waals surface area contributed by atoms with Crippen molar-refractivity contribution in [1.29, 1.82) is 0 Å². The van der Waals surface area contributed by atoms with Crippen molar-refractivity contribution >= 4 is 21.7 Å². The molecule has 0 spiro atoms. The highest BCUT2D eigenvalue weighted by Gasteiger charge is 2.32. The lowest BCUT2D eigenvalue weighted by molar-refractivity contribution is 0.122. The van der Waals surface area contributed by atoms with E-state index in [2.05, 4.69) is 30.2 Å². The van der Waals surface area contributed by atoms with Gasteiger partial charge in [-0.1, -0.05) is 0 Å². The second kappa shape index (κ2) is 7.64. The highest BCUT2D eigenvalue weighted by atomic mass is 32.2. The van der Waals surface area contributed by atoms with Crippen LogP contribution in [0.5, 0.6) is 0 Å². The minimum atomic E-state index is -3.55. The summed E-state index contributed by atoms with van der Waals surface area (Å²) in [7, 11) is -3.55. The Labute approximate surface area is 164 Å². The van der Waals surface area contributed by atoms with E-state index in [0.29, 0.717) is 50.8 Å². The molecule has 152 valence electrons. The van der Waals surface area contributed by atoms with Crippen LogP contribution in [0.4, 0.5) is 11.6 Å². The maximum absolute atomic E-state index is 13.0. The van der Waals surface area contributed by atoms with Crippen LogP contribution in [0.15, 0.2) is 17.0 Å². The average Bonchev–Trinajstić information content (AvgIpc) is 3.08. The first-order valence-corrected chi connectivity index (χ1v) is 10.8. The Balaban J connectivity index is 1.41. The monoisotopic (exact) mass is 407 g/mol. The summed E-state index contributed by atoms with van der Waals surface area (Å²) in [5, 5.41) is 15.5. The first kappa shape index (κ1) is 19.1. The Morgan fingerprint density at radius 3 is 2.00 bits per heavy atom. The average molecular weight is 408 g/mol. The molecular formula is C17H25N7O3S. The van der Waals surface area contributed by atoms with Crippen LogP contribution in [0.1, 0.15) is 11.4 Å². The number of piperazine rings is 1. The SMILES string of the molecule is Cc1n[nH]c(C)c1S(=O)(=O)N1CCN(c2ccc(N3CCOCC3)nn2)CC1. The van der Waals surface area contributed by atoms with Crippen molar-refractivity contribution in [3.63, 3.8) is 0 Å². The Bertz CT molecular complexity index is 895. The molecule has 0 aromatic carbocycles. The molecule has 4 heterocycles. The molecule has 0 bridgehead atoms. The fraction of sp³-hybridized carbons (Fsp3) is 0.588. The van der Waals surface area contributed by atoms with Crippen molar-refractivity contribution in [2.24, 2.45) is 0 Å². The Morgan fingerprint density at radius 2 is 1.50 bits per heavy atom. The van der Waals surface area contributed by atoms with Crippen molar-refractivity contribution in [2.45, 2.75) is 18.7 Å². The number of hydrogen-bond donors (Lipinski definition) is 1. The number of rotatable bonds is 4. The van der Waals surface area contributed by atoms with Crippen LogP contribution in [0, 0.1) is 13.8 Å². The molecule has 11 heteroatoms. The summed E-state index contributed by atoms with van der Waals surface area (Å²) >= 11 is 0. The minimum absolute atomic E-state index is 0.288. The zero-order chi connectivity index (χ0) is 19.7. The van der Waals surface area contributed by atoms with Gasteiger partial charge in [0.2, 0.25) is 10.0 Å². The normalized spacial score (nSPS) is 19.2. The van der Waals surface area contributed by atoms with Gasteiger partial charge in [-0.25, -0.2) is 8.42 Å². The Morgan fingerprint density at radius 1 is 0.929 bits per heavy atom. The molecule has 2 fully saturated rings. The van der Waals surface area contributed by atoms with E-state index in [4.69, 9.17) is 4.74 Å². The molecule has 0 amide bonds. The lowest BCUT2D eigenvalue weighted by atomic mass is 10.3. The fourth-order valence-electron chi connectivity index (χ4n) is 3.66. The minimum Gasteiger partial charge on any atom is -0.378 e. The van der Waals surface area contributed by atoms with Crippen molar-refractivity contribution in [3.05, 3.63) is 23.5 Å². The number of aryl methyl sites for hydroxylation is 2. The van der Waals surface area contributed by atoms with E-state index in [1.165, 1.54) is 4.31 Å². The molecule has 0 radical (unpaired) electrons. The number of anilines is 2. The third-order valence-corrected chi connectivity index (χ3v) is 7.35. The molecule has 2 saturated heterocycles. The van der Waals surface area contributed by atoms with Gasteiger partial charge in [0.1, 0.15) is 4.90 Å². The molecule has 0 unspecified atom stereocenters. The number of hydrogen-bond acceptors (Lipinski definition) is 8. The third-order valence-electron chi connectivity index (χ3n) is 5.19. The van der Waals surface area contributed by atoms with Gasteiger partial charge in [0.05, 0.1) is 24.6 Å². The van der Waals surface area contributed by atoms with E-state index in [0.717, 1.165) is 24.7 Å². The van der Waals surface area contributed by atoms with E-state index < -0.39 is 10.0 Å². The zero-order valence-electron chi connectivity index (χ0n) is 16.1. The number of sulfonamides is 1. The van der Waals surface area contributed by atoms with Crippen LogP contribution in [-0.4, -0.2) is 85.6 Å². The summed E-state index contributed by atoms with van der Waals surface area (Å²) in [5.41, 5.74) is 1.08. The summed E-state index contributed by atoms with van der Waals surface area (Å²) in [5.74, 6) is 1.61. The van der Waals surface area contributed by atoms with E-state index in [1.807, 2.05) is 12.1 Å². The summed E-state index contributed by atoms with van der Waals surface area (Å²) in [6.45, 7) is 8.42. The standard InChI is InChI=1S/C17H25N7O3S/c1-13-17(14(2)19-18-13)28(25,26)24-7-5-22(6-8-24)15-3-4-16(21-20-15)23-9-11-27-12-10-23/h3-4H,5-12H2,1-2H3,(H,18,19). The van der Waals surface area contributed by atoms with Gasteiger partial charge in [-0.05, 0) is 26.0 Å². The van der Waals surface area contributed by atoms with Gasteiger partial charge in [-0.3, -0.25) is 5.10 Å². The molecule has 2 aromatic heterocycles. The number of aromatic amines is 1. The highest BCUT2D eigenvalue weighted by molar-refractivity contribution is 7.89. The van der Waals surface area contributed by atoms with Gasteiger partial charge in [-0.15, -0.1) is 10.2 Å². The zero-order valence-corrected chi connectivity index (χ0v) is 16.9. The fourth-order valence-corrected chi connectivity index (χ4v) is 5.41. The lowest BCUT2D eigenvalue weighted by Crippen LogP contribution is -2.49. The van der Waals surface area contributed by atoms with Crippen LogP contribution in [0.2, 0.25) is 0 Å². The summed E-state index contributed by atoms with van der Waals surface area (Å²) < 4.78 is 32.8. The van der Waals surface area contributed by atoms with Gasteiger partial charge >= 0.3 is 0 Å². The summed E-state index contributed by atoms with van der Waals surface area (Å²) in [6, 6.07) is 3.92. The molecule has 0 atom stereocenters. The van der Waals surface area contributed by atoms with Gasteiger partial charge in [0.15, 0.2) is 11.6 Å². The van der Waals surface area contributed by atoms with Gasteiger partial charge in [-0.2, -0.15) is 9.40 Å². The van der Waals surface area contributed by atoms with Gasteiger partial charge < -0.3 is 14.5 Å². The predicted molar refractivity (Wildman–Crippen MR) is 104 cm³/mol. The second-order valence-corrected chi connectivity index (χ2v) is 8.88. The van der Waals surface area contributed by atoms with Crippen molar-refractivity contribution in [2.75, 3.05) is 62.3 Å². The first-order chi connectivity index (χ1) is 13.5.